The van der Waals surface area contributed by atoms with E-state index in [1.165, 1.54) is 36.4 Å². The number of hydrogen-bond donors (Lipinski definition) is 1. The molecular formula is C26H40N4O4S. The van der Waals surface area contributed by atoms with E-state index < -0.39 is 10.0 Å². The molecule has 0 bridgehead atoms. The molecule has 9 heteroatoms. The minimum Gasteiger partial charge on any atom is -0.356 e. The van der Waals surface area contributed by atoms with E-state index >= 15 is 0 Å². The number of nitrogens with zero attached hydrogens (tertiary/aromatic N) is 3. The van der Waals surface area contributed by atoms with Gasteiger partial charge < -0.3 is 10.2 Å². The van der Waals surface area contributed by atoms with Gasteiger partial charge in [-0.3, -0.25) is 14.5 Å². The van der Waals surface area contributed by atoms with Crippen LogP contribution in [0.4, 0.5) is 0 Å². The second-order valence-electron chi connectivity index (χ2n) is 10.1. The summed E-state index contributed by atoms with van der Waals surface area (Å²) in [6.07, 6.45) is 8.46. The Labute approximate surface area is 210 Å². The average molecular weight is 505 g/mol. The lowest BCUT2D eigenvalue weighted by atomic mass is 9.93. The van der Waals surface area contributed by atoms with Gasteiger partial charge in [-0.05, 0) is 44.2 Å². The third-order valence-corrected chi connectivity index (χ3v) is 9.72. The summed E-state index contributed by atoms with van der Waals surface area (Å²) in [6.45, 7) is 4.28. The molecule has 1 aromatic carbocycles. The van der Waals surface area contributed by atoms with E-state index in [0.29, 0.717) is 38.4 Å². The quantitative estimate of drug-likeness (QED) is 0.680. The van der Waals surface area contributed by atoms with Gasteiger partial charge in [0.2, 0.25) is 21.8 Å². The molecule has 8 nitrogen and oxygen atoms in total. The Balaban J connectivity index is 1.37. The number of carbonyl (C=O) groups excluding carboxylic acids is 2. The van der Waals surface area contributed by atoms with Crippen LogP contribution in [0.2, 0.25) is 0 Å². The van der Waals surface area contributed by atoms with Gasteiger partial charge in [-0.1, -0.05) is 37.5 Å². The topological polar surface area (TPSA) is 90.0 Å². The first kappa shape index (κ1) is 26.1. The van der Waals surface area contributed by atoms with E-state index in [1.807, 2.05) is 4.90 Å². The highest BCUT2D eigenvalue weighted by Crippen LogP contribution is 2.25. The van der Waals surface area contributed by atoms with Crippen molar-refractivity contribution < 1.29 is 18.0 Å². The molecule has 1 aliphatic carbocycles. The fourth-order valence-corrected chi connectivity index (χ4v) is 7.21. The first-order valence-corrected chi connectivity index (χ1v) is 14.7. The number of benzene rings is 1. The van der Waals surface area contributed by atoms with Crippen molar-refractivity contribution in [3.8, 4) is 0 Å². The summed E-state index contributed by atoms with van der Waals surface area (Å²) in [6, 6.07) is 9.03. The molecule has 2 saturated heterocycles. The van der Waals surface area contributed by atoms with E-state index in [1.54, 1.807) is 30.3 Å². The Morgan fingerprint density at radius 2 is 1.54 bits per heavy atom. The van der Waals surface area contributed by atoms with Crippen LogP contribution in [0, 0.1) is 5.92 Å². The molecule has 2 aliphatic heterocycles. The summed E-state index contributed by atoms with van der Waals surface area (Å²) in [7, 11) is -3.69. The molecule has 35 heavy (non-hydrogen) atoms. The van der Waals surface area contributed by atoms with Gasteiger partial charge in [0, 0.05) is 64.2 Å². The second-order valence-corrected chi connectivity index (χ2v) is 12.0. The van der Waals surface area contributed by atoms with Crippen molar-refractivity contribution in [1.82, 2.24) is 19.4 Å². The summed E-state index contributed by atoms with van der Waals surface area (Å²) >= 11 is 0. The second kappa shape index (κ2) is 12.3. The van der Waals surface area contributed by atoms with Crippen LogP contribution in [-0.2, 0) is 19.6 Å². The largest absolute Gasteiger partial charge is 0.356 e. The molecule has 0 spiro atoms. The molecule has 3 aliphatic rings. The summed E-state index contributed by atoms with van der Waals surface area (Å²) in [5.41, 5.74) is 0. The van der Waals surface area contributed by atoms with Gasteiger partial charge in [0.05, 0.1) is 4.90 Å². The predicted octanol–water partition coefficient (Wildman–Crippen LogP) is 2.46. The van der Waals surface area contributed by atoms with Crippen molar-refractivity contribution in [2.75, 3.05) is 45.8 Å². The van der Waals surface area contributed by atoms with Gasteiger partial charge in [0.15, 0.2) is 0 Å². The van der Waals surface area contributed by atoms with Crippen LogP contribution in [0.5, 0.6) is 0 Å². The Hall–Kier alpha value is -1.97. The van der Waals surface area contributed by atoms with Crippen LogP contribution in [0.3, 0.4) is 0 Å². The van der Waals surface area contributed by atoms with Gasteiger partial charge in [-0.25, -0.2) is 8.42 Å². The number of amides is 2. The van der Waals surface area contributed by atoms with E-state index in [4.69, 9.17) is 0 Å². The third-order valence-electron chi connectivity index (χ3n) is 7.81. The van der Waals surface area contributed by atoms with Crippen molar-refractivity contribution in [2.24, 2.45) is 5.92 Å². The highest BCUT2D eigenvalue weighted by Gasteiger charge is 2.31. The Bertz CT molecular complexity index is 941. The lowest BCUT2D eigenvalue weighted by Crippen LogP contribution is -2.53. The summed E-state index contributed by atoms with van der Waals surface area (Å²) in [5.74, 6) is -0.220. The molecule has 1 aromatic rings. The Morgan fingerprint density at radius 1 is 0.829 bits per heavy atom. The van der Waals surface area contributed by atoms with Gasteiger partial charge in [-0.2, -0.15) is 4.31 Å². The monoisotopic (exact) mass is 504 g/mol. The normalized spacial score (nSPS) is 25.0. The molecule has 1 unspecified atom stereocenters. The maximum absolute atomic E-state index is 13.4. The zero-order valence-electron chi connectivity index (χ0n) is 20.7. The maximum atomic E-state index is 13.4. The Kier molecular flexibility index (Phi) is 9.19. The predicted molar refractivity (Wildman–Crippen MR) is 135 cm³/mol. The van der Waals surface area contributed by atoms with Crippen molar-refractivity contribution in [2.45, 2.75) is 68.7 Å². The van der Waals surface area contributed by atoms with Gasteiger partial charge >= 0.3 is 0 Å². The van der Waals surface area contributed by atoms with Crippen LogP contribution in [0.1, 0.15) is 57.8 Å². The molecule has 4 rings (SSSR count). The van der Waals surface area contributed by atoms with Crippen molar-refractivity contribution in [1.29, 1.82) is 0 Å². The van der Waals surface area contributed by atoms with Crippen molar-refractivity contribution in [3.05, 3.63) is 30.3 Å². The lowest BCUT2D eigenvalue weighted by Gasteiger charge is -2.41. The number of carbonyl (C=O) groups is 2. The van der Waals surface area contributed by atoms with Crippen molar-refractivity contribution in [3.63, 3.8) is 0 Å². The van der Waals surface area contributed by atoms with E-state index in [0.717, 1.165) is 26.2 Å². The number of piperazine rings is 1. The molecule has 2 heterocycles. The minimum absolute atomic E-state index is 0.119. The van der Waals surface area contributed by atoms with Crippen molar-refractivity contribution >= 4 is 21.8 Å². The number of rotatable bonds is 4. The number of nitrogens with one attached hydrogen (secondary N) is 1. The molecular weight excluding hydrogens is 464 g/mol. The Morgan fingerprint density at radius 3 is 2.26 bits per heavy atom. The highest BCUT2D eigenvalue weighted by molar-refractivity contribution is 7.89. The van der Waals surface area contributed by atoms with E-state index in [-0.39, 0.29) is 35.6 Å². The molecule has 2 amide bonds. The zero-order chi connectivity index (χ0) is 24.7. The summed E-state index contributed by atoms with van der Waals surface area (Å²) < 4.78 is 27.8. The SMILES string of the molecule is O=C1CCN(S(=O)(=O)c2ccccc2)CCCC(C(=O)N2CCN(C3CCCCC3)CC2)CCN1. The van der Waals surface area contributed by atoms with Crippen LogP contribution in [-0.4, -0.2) is 86.2 Å². The smallest absolute Gasteiger partial charge is 0.243 e. The van der Waals surface area contributed by atoms with Crippen LogP contribution in [0.25, 0.3) is 0 Å². The third kappa shape index (κ3) is 6.83. The average Bonchev–Trinajstić information content (AvgIpc) is 2.94. The number of hydrogen-bond acceptors (Lipinski definition) is 5. The molecule has 194 valence electrons. The molecule has 0 radical (unpaired) electrons. The van der Waals surface area contributed by atoms with E-state index in [2.05, 4.69) is 10.2 Å². The minimum atomic E-state index is -3.69. The summed E-state index contributed by atoms with van der Waals surface area (Å²) in [5, 5.41) is 2.89. The van der Waals surface area contributed by atoms with Crippen LogP contribution in [0.15, 0.2) is 35.2 Å². The first-order valence-electron chi connectivity index (χ1n) is 13.3. The van der Waals surface area contributed by atoms with Gasteiger partial charge in [-0.15, -0.1) is 0 Å². The van der Waals surface area contributed by atoms with E-state index in [9.17, 15) is 18.0 Å². The molecule has 1 atom stereocenters. The van der Waals surface area contributed by atoms with Gasteiger partial charge in [0.1, 0.15) is 0 Å². The molecule has 0 aromatic heterocycles. The molecule has 3 fully saturated rings. The van der Waals surface area contributed by atoms with Crippen LogP contribution < -0.4 is 5.32 Å². The molecule has 1 saturated carbocycles. The highest BCUT2D eigenvalue weighted by atomic mass is 32.2. The van der Waals surface area contributed by atoms with Crippen LogP contribution >= 0.6 is 0 Å². The number of sulfonamides is 1. The van der Waals surface area contributed by atoms with Gasteiger partial charge in [0.25, 0.3) is 0 Å². The summed E-state index contributed by atoms with van der Waals surface area (Å²) in [4.78, 5) is 30.6. The fraction of sp³-hybridized carbons (Fsp3) is 0.692. The fourth-order valence-electron chi connectivity index (χ4n) is 5.71. The first-order chi connectivity index (χ1) is 16.9. The zero-order valence-corrected chi connectivity index (χ0v) is 21.6. The lowest BCUT2D eigenvalue weighted by molar-refractivity contribution is -0.138. The maximum Gasteiger partial charge on any atom is 0.243 e. The standard InChI is InChI=1S/C26H40N4O4S/c31-25-14-17-30(35(33,34)24-11-5-2-6-12-24)16-7-8-22(13-15-27-25)26(32)29-20-18-28(19-21-29)23-9-3-1-4-10-23/h2,5-6,11-12,22-23H,1,3-4,7-10,13-21H2,(H,27,31). The molecule has 1 N–H and O–H groups in total.